The topological polar surface area (TPSA) is 29.5 Å². The van der Waals surface area contributed by atoms with Gasteiger partial charge in [-0.25, -0.2) is 0 Å². The van der Waals surface area contributed by atoms with Crippen LogP contribution in [-0.4, -0.2) is 18.3 Å². The number of aliphatic hydroxyl groups excluding tert-OH is 1. The van der Waals surface area contributed by atoms with E-state index < -0.39 is 0 Å². The molecule has 0 fully saturated rings. The van der Waals surface area contributed by atoms with E-state index in [-0.39, 0.29) is 12.5 Å². The largest absolute Gasteiger partial charge is 0.492 e. The van der Waals surface area contributed by atoms with Gasteiger partial charge in [0.1, 0.15) is 5.75 Å². The van der Waals surface area contributed by atoms with Crippen molar-refractivity contribution in [3.8, 4) is 5.75 Å². The molecule has 3 heteroatoms. The first-order chi connectivity index (χ1) is 7.60. The molecule has 0 aliphatic carbocycles. The van der Waals surface area contributed by atoms with Crippen LogP contribution in [0.15, 0.2) is 18.2 Å². The molecule has 1 N–H and O–H groups in total. The molecule has 0 amide bonds. The zero-order chi connectivity index (χ0) is 12.1. The van der Waals surface area contributed by atoms with Crippen molar-refractivity contribution in [1.29, 1.82) is 0 Å². The van der Waals surface area contributed by atoms with Crippen LogP contribution in [0, 0.1) is 5.92 Å². The van der Waals surface area contributed by atoms with Gasteiger partial charge in [0, 0.05) is 5.92 Å². The van der Waals surface area contributed by atoms with Crippen molar-refractivity contribution in [2.45, 2.75) is 26.7 Å². The summed E-state index contributed by atoms with van der Waals surface area (Å²) in [5.41, 5.74) is 1.06. The third kappa shape index (κ3) is 3.13. The molecule has 0 heterocycles. The maximum atomic E-state index is 9.34. The van der Waals surface area contributed by atoms with Crippen LogP contribution in [0.1, 0.15) is 32.3 Å². The van der Waals surface area contributed by atoms with Gasteiger partial charge in [-0.15, -0.1) is 0 Å². The summed E-state index contributed by atoms with van der Waals surface area (Å²) in [7, 11) is 0. The predicted octanol–water partition coefficient (Wildman–Crippen LogP) is 3.47. The van der Waals surface area contributed by atoms with Crippen LogP contribution in [0.25, 0.3) is 0 Å². The number of benzene rings is 1. The van der Waals surface area contributed by atoms with E-state index in [1.807, 2.05) is 25.1 Å². The fraction of sp³-hybridized carbons (Fsp3) is 0.538. The summed E-state index contributed by atoms with van der Waals surface area (Å²) in [5, 5.41) is 9.95. The molecule has 1 aromatic rings. The van der Waals surface area contributed by atoms with Crippen molar-refractivity contribution in [3.63, 3.8) is 0 Å². The average Bonchev–Trinajstić information content (AvgIpc) is 2.22. The Morgan fingerprint density at radius 2 is 2.06 bits per heavy atom. The Kier molecular flexibility index (Phi) is 5.10. The van der Waals surface area contributed by atoms with Gasteiger partial charge in [0.15, 0.2) is 0 Å². The molecule has 1 rings (SSSR count). The Morgan fingerprint density at radius 1 is 1.38 bits per heavy atom. The van der Waals surface area contributed by atoms with Crippen LogP contribution in [-0.2, 0) is 0 Å². The maximum Gasteiger partial charge on any atom is 0.137 e. The third-order valence-corrected chi connectivity index (χ3v) is 2.98. The molecule has 0 bridgehead atoms. The Balaban J connectivity index is 2.95. The lowest BCUT2D eigenvalue weighted by atomic mass is 9.89. The zero-order valence-corrected chi connectivity index (χ0v) is 10.8. The van der Waals surface area contributed by atoms with Crippen LogP contribution in [0.3, 0.4) is 0 Å². The second kappa shape index (κ2) is 6.12. The van der Waals surface area contributed by atoms with Gasteiger partial charge in [-0.05, 0) is 30.5 Å². The van der Waals surface area contributed by atoms with Crippen LogP contribution in [0.5, 0.6) is 5.75 Å². The molecule has 1 aromatic carbocycles. The van der Waals surface area contributed by atoms with Crippen molar-refractivity contribution in [2.24, 2.45) is 5.92 Å². The number of rotatable bonds is 5. The molecular weight excluding hydrogens is 224 g/mol. The van der Waals surface area contributed by atoms with Crippen molar-refractivity contribution in [3.05, 3.63) is 28.8 Å². The number of ether oxygens (including phenoxy) is 1. The first-order valence-corrected chi connectivity index (χ1v) is 6.01. The normalized spacial score (nSPS) is 12.9. The van der Waals surface area contributed by atoms with Gasteiger partial charge >= 0.3 is 0 Å². The fourth-order valence-corrected chi connectivity index (χ4v) is 1.96. The van der Waals surface area contributed by atoms with Gasteiger partial charge < -0.3 is 9.84 Å². The lowest BCUT2D eigenvalue weighted by Crippen LogP contribution is -2.11. The molecule has 1 atom stereocenters. The van der Waals surface area contributed by atoms with E-state index in [4.69, 9.17) is 16.3 Å². The van der Waals surface area contributed by atoms with E-state index in [0.29, 0.717) is 23.3 Å². The molecule has 16 heavy (non-hydrogen) atoms. The SMILES string of the molecule is CCOc1ccc(C(CO)C(C)C)cc1Cl. The van der Waals surface area contributed by atoms with Gasteiger partial charge in [0.2, 0.25) is 0 Å². The van der Waals surface area contributed by atoms with Gasteiger partial charge in [0.05, 0.1) is 18.2 Å². The molecule has 0 radical (unpaired) electrons. The van der Waals surface area contributed by atoms with Gasteiger partial charge in [0.25, 0.3) is 0 Å². The van der Waals surface area contributed by atoms with Crippen LogP contribution in [0.2, 0.25) is 5.02 Å². The van der Waals surface area contributed by atoms with E-state index in [1.165, 1.54) is 0 Å². The highest BCUT2D eigenvalue weighted by atomic mass is 35.5. The summed E-state index contributed by atoms with van der Waals surface area (Å²) >= 11 is 6.11. The number of aliphatic hydroxyl groups is 1. The summed E-state index contributed by atoms with van der Waals surface area (Å²) < 4.78 is 5.37. The van der Waals surface area contributed by atoms with Crippen molar-refractivity contribution < 1.29 is 9.84 Å². The number of hydrogen-bond donors (Lipinski definition) is 1. The van der Waals surface area contributed by atoms with Crippen molar-refractivity contribution in [2.75, 3.05) is 13.2 Å². The quantitative estimate of drug-likeness (QED) is 0.857. The third-order valence-electron chi connectivity index (χ3n) is 2.69. The van der Waals surface area contributed by atoms with Gasteiger partial charge in [-0.2, -0.15) is 0 Å². The van der Waals surface area contributed by atoms with E-state index in [0.717, 1.165) is 5.56 Å². The van der Waals surface area contributed by atoms with Gasteiger partial charge in [-0.3, -0.25) is 0 Å². The number of halogens is 1. The molecule has 0 aliphatic rings. The highest BCUT2D eigenvalue weighted by Gasteiger charge is 2.16. The Morgan fingerprint density at radius 3 is 2.50 bits per heavy atom. The molecule has 0 spiro atoms. The Labute approximate surface area is 102 Å². The second-order valence-electron chi connectivity index (χ2n) is 4.16. The van der Waals surface area contributed by atoms with E-state index in [1.54, 1.807) is 0 Å². The molecule has 2 nitrogen and oxygen atoms in total. The van der Waals surface area contributed by atoms with E-state index in [9.17, 15) is 5.11 Å². The molecule has 1 unspecified atom stereocenters. The first-order valence-electron chi connectivity index (χ1n) is 5.63. The Bertz CT molecular complexity index is 337. The van der Waals surface area contributed by atoms with Crippen molar-refractivity contribution in [1.82, 2.24) is 0 Å². The summed E-state index contributed by atoms with van der Waals surface area (Å²) in [6.07, 6.45) is 0. The summed E-state index contributed by atoms with van der Waals surface area (Å²) in [6.45, 7) is 6.85. The smallest absolute Gasteiger partial charge is 0.137 e. The molecule has 0 aliphatic heterocycles. The highest BCUT2D eigenvalue weighted by Crippen LogP contribution is 2.31. The number of hydrogen-bond acceptors (Lipinski definition) is 2. The second-order valence-corrected chi connectivity index (χ2v) is 4.56. The average molecular weight is 243 g/mol. The molecule has 0 saturated heterocycles. The predicted molar refractivity (Wildman–Crippen MR) is 67.3 cm³/mol. The van der Waals surface area contributed by atoms with E-state index >= 15 is 0 Å². The fourth-order valence-electron chi connectivity index (χ4n) is 1.72. The van der Waals surface area contributed by atoms with Crippen LogP contribution < -0.4 is 4.74 Å². The lowest BCUT2D eigenvalue weighted by Gasteiger charge is -2.19. The maximum absolute atomic E-state index is 9.34. The molecular formula is C13H19ClO2. The molecule has 0 saturated carbocycles. The Hall–Kier alpha value is -0.730. The standard InChI is InChI=1S/C13H19ClO2/c1-4-16-13-6-5-10(7-12(13)14)11(8-15)9(2)3/h5-7,9,11,15H,4,8H2,1-3H3. The van der Waals surface area contributed by atoms with E-state index in [2.05, 4.69) is 13.8 Å². The van der Waals surface area contributed by atoms with Crippen LogP contribution in [0.4, 0.5) is 0 Å². The lowest BCUT2D eigenvalue weighted by molar-refractivity contribution is 0.237. The minimum Gasteiger partial charge on any atom is -0.492 e. The summed E-state index contributed by atoms with van der Waals surface area (Å²) in [5.74, 6) is 1.22. The zero-order valence-electron chi connectivity index (χ0n) is 10.0. The summed E-state index contributed by atoms with van der Waals surface area (Å²) in [6, 6.07) is 5.72. The first kappa shape index (κ1) is 13.3. The minimum atomic E-state index is 0.133. The molecule has 0 aromatic heterocycles. The minimum absolute atomic E-state index is 0.133. The summed E-state index contributed by atoms with van der Waals surface area (Å²) in [4.78, 5) is 0. The van der Waals surface area contributed by atoms with Gasteiger partial charge in [-0.1, -0.05) is 31.5 Å². The van der Waals surface area contributed by atoms with Crippen molar-refractivity contribution >= 4 is 11.6 Å². The molecule has 90 valence electrons. The monoisotopic (exact) mass is 242 g/mol. The highest BCUT2D eigenvalue weighted by molar-refractivity contribution is 6.32. The van der Waals surface area contributed by atoms with Crippen LogP contribution >= 0.6 is 11.6 Å².